The average molecular weight is 277 g/mol. The van der Waals surface area contributed by atoms with E-state index in [1.54, 1.807) is 0 Å². The zero-order valence-electron chi connectivity index (χ0n) is 12.7. The standard InChI is InChI=1S/C12H10.C7H8.CH5N/c1-3-7-11(8-4-1)12-9-5-2-6-10-12;1-7-5-3-2-4-6-7;1-2/h1-10H;2-6H,1H3;2H2,1H3. The first kappa shape index (κ1) is 16.7. The van der Waals surface area contributed by atoms with Gasteiger partial charge in [0.1, 0.15) is 0 Å². The van der Waals surface area contributed by atoms with Gasteiger partial charge in [0.25, 0.3) is 0 Å². The van der Waals surface area contributed by atoms with Crippen molar-refractivity contribution >= 4 is 0 Å². The molecule has 0 aromatic heterocycles. The van der Waals surface area contributed by atoms with Gasteiger partial charge in [-0.15, -0.1) is 0 Å². The lowest BCUT2D eigenvalue weighted by Gasteiger charge is -1.98. The minimum Gasteiger partial charge on any atom is -0.333 e. The lowest BCUT2D eigenvalue weighted by molar-refractivity contribution is 1.48. The zero-order chi connectivity index (χ0) is 15.3. The van der Waals surface area contributed by atoms with Crippen LogP contribution in [0.4, 0.5) is 0 Å². The van der Waals surface area contributed by atoms with E-state index in [-0.39, 0.29) is 0 Å². The Morgan fingerprint density at radius 2 is 0.762 bits per heavy atom. The first-order valence-corrected chi connectivity index (χ1v) is 7.06. The van der Waals surface area contributed by atoms with Crippen LogP contribution < -0.4 is 5.73 Å². The second kappa shape index (κ2) is 10.4. The van der Waals surface area contributed by atoms with Crippen LogP contribution in [0.5, 0.6) is 0 Å². The molecule has 1 heteroatoms. The van der Waals surface area contributed by atoms with Gasteiger partial charge in [-0.1, -0.05) is 96.6 Å². The highest BCUT2D eigenvalue weighted by molar-refractivity contribution is 5.62. The van der Waals surface area contributed by atoms with Crippen molar-refractivity contribution in [2.45, 2.75) is 6.92 Å². The fraction of sp³-hybridized carbons (Fsp3) is 0.100. The van der Waals surface area contributed by atoms with Gasteiger partial charge in [-0.3, -0.25) is 0 Å². The molecule has 0 amide bonds. The van der Waals surface area contributed by atoms with Crippen molar-refractivity contribution in [3.8, 4) is 11.1 Å². The molecule has 1 nitrogen and oxygen atoms in total. The summed E-state index contributed by atoms with van der Waals surface area (Å²) in [5.41, 5.74) is 8.37. The van der Waals surface area contributed by atoms with E-state index in [1.165, 1.54) is 23.7 Å². The van der Waals surface area contributed by atoms with Crippen molar-refractivity contribution in [2.24, 2.45) is 5.73 Å². The summed E-state index contributed by atoms with van der Waals surface area (Å²) in [6, 6.07) is 31.0. The SMILES string of the molecule is CN.Cc1ccccc1.c1ccc(-c2ccccc2)cc1. The summed E-state index contributed by atoms with van der Waals surface area (Å²) in [6.07, 6.45) is 0. The van der Waals surface area contributed by atoms with Crippen molar-refractivity contribution in [2.75, 3.05) is 7.05 Å². The highest BCUT2D eigenvalue weighted by Crippen LogP contribution is 2.17. The molecule has 0 atom stereocenters. The summed E-state index contributed by atoms with van der Waals surface area (Å²) in [4.78, 5) is 0. The van der Waals surface area contributed by atoms with Crippen LogP contribution in [0.1, 0.15) is 5.56 Å². The molecular weight excluding hydrogens is 254 g/mol. The Morgan fingerprint density at radius 3 is 1.00 bits per heavy atom. The first-order valence-electron chi connectivity index (χ1n) is 7.06. The number of benzene rings is 3. The van der Waals surface area contributed by atoms with Crippen molar-refractivity contribution in [1.29, 1.82) is 0 Å². The molecule has 0 saturated heterocycles. The summed E-state index contributed by atoms with van der Waals surface area (Å²) < 4.78 is 0. The Labute approximate surface area is 128 Å². The van der Waals surface area contributed by atoms with Gasteiger partial charge in [-0.25, -0.2) is 0 Å². The molecule has 3 aromatic rings. The summed E-state index contributed by atoms with van der Waals surface area (Å²) in [6.45, 7) is 2.08. The predicted octanol–water partition coefficient (Wildman–Crippen LogP) is 4.92. The average Bonchev–Trinajstić information content (AvgIpc) is 2.60. The Bertz CT molecular complexity index is 537. The molecule has 0 unspecified atom stereocenters. The van der Waals surface area contributed by atoms with Crippen LogP contribution in [0.2, 0.25) is 0 Å². The molecule has 2 N–H and O–H groups in total. The number of hydrogen-bond acceptors (Lipinski definition) is 1. The quantitative estimate of drug-likeness (QED) is 0.671. The van der Waals surface area contributed by atoms with Crippen LogP contribution in [-0.2, 0) is 0 Å². The Morgan fingerprint density at radius 1 is 0.476 bits per heavy atom. The van der Waals surface area contributed by atoms with Gasteiger partial charge in [0.15, 0.2) is 0 Å². The topological polar surface area (TPSA) is 26.0 Å². The normalized spacial score (nSPS) is 8.71. The molecule has 0 fully saturated rings. The Kier molecular flexibility index (Phi) is 8.27. The van der Waals surface area contributed by atoms with E-state index in [1.807, 2.05) is 30.3 Å². The van der Waals surface area contributed by atoms with Gasteiger partial charge in [0, 0.05) is 0 Å². The summed E-state index contributed by atoms with van der Waals surface area (Å²) >= 11 is 0. The van der Waals surface area contributed by atoms with E-state index in [9.17, 15) is 0 Å². The third-order valence-corrected chi connectivity index (χ3v) is 2.82. The van der Waals surface area contributed by atoms with Gasteiger partial charge in [-0.05, 0) is 25.1 Å². The molecule has 0 saturated carbocycles. The highest BCUT2D eigenvalue weighted by Gasteiger charge is 1.91. The lowest BCUT2D eigenvalue weighted by atomic mass is 10.1. The molecule has 21 heavy (non-hydrogen) atoms. The summed E-state index contributed by atoms with van der Waals surface area (Å²) in [5.74, 6) is 0. The van der Waals surface area contributed by atoms with E-state index in [0.717, 1.165) is 0 Å². The molecule has 0 bridgehead atoms. The van der Waals surface area contributed by atoms with E-state index >= 15 is 0 Å². The van der Waals surface area contributed by atoms with E-state index in [0.29, 0.717) is 0 Å². The molecule has 3 rings (SSSR count). The van der Waals surface area contributed by atoms with E-state index in [4.69, 9.17) is 0 Å². The summed E-state index contributed by atoms with van der Waals surface area (Å²) in [7, 11) is 1.50. The molecule has 0 aliphatic carbocycles. The van der Waals surface area contributed by atoms with Crippen molar-refractivity contribution in [3.05, 3.63) is 96.6 Å². The third kappa shape index (κ3) is 6.55. The van der Waals surface area contributed by atoms with Gasteiger partial charge in [-0.2, -0.15) is 0 Å². The second-order valence-corrected chi connectivity index (χ2v) is 4.39. The van der Waals surface area contributed by atoms with Gasteiger partial charge < -0.3 is 5.73 Å². The molecule has 0 aliphatic heterocycles. The van der Waals surface area contributed by atoms with Gasteiger partial charge in [0.05, 0.1) is 0 Å². The van der Waals surface area contributed by atoms with Crippen LogP contribution >= 0.6 is 0 Å². The Hall–Kier alpha value is -2.38. The molecule has 0 heterocycles. The molecule has 3 aromatic carbocycles. The maximum atomic E-state index is 4.50. The number of rotatable bonds is 1. The van der Waals surface area contributed by atoms with Gasteiger partial charge in [0.2, 0.25) is 0 Å². The van der Waals surface area contributed by atoms with Crippen LogP contribution in [0, 0.1) is 6.92 Å². The molecule has 0 radical (unpaired) electrons. The highest BCUT2D eigenvalue weighted by atomic mass is 14.4. The van der Waals surface area contributed by atoms with Crippen molar-refractivity contribution < 1.29 is 0 Å². The molecule has 0 aliphatic rings. The zero-order valence-corrected chi connectivity index (χ0v) is 12.7. The van der Waals surface area contributed by atoms with Crippen molar-refractivity contribution in [3.63, 3.8) is 0 Å². The minimum atomic E-state index is 1.28. The van der Waals surface area contributed by atoms with Crippen LogP contribution in [0.15, 0.2) is 91.0 Å². The number of nitrogens with two attached hydrogens (primary N) is 1. The largest absolute Gasteiger partial charge is 0.333 e. The molecule has 108 valence electrons. The van der Waals surface area contributed by atoms with Gasteiger partial charge >= 0.3 is 0 Å². The monoisotopic (exact) mass is 277 g/mol. The number of aryl methyl sites for hydroxylation is 1. The third-order valence-electron chi connectivity index (χ3n) is 2.82. The maximum Gasteiger partial charge on any atom is -0.0184 e. The molecular formula is C20H23N. The predicted molar refractivity (Wildman–Crippen MR) is 93.2 cm³/mol. The van der Waals surface area contributed by atoms with Crippen LogP contribution in [-0.4, -0.2) is 7.05 Å². The minimum absolute atomic E-state index is 1.28. The first-order chi connectivity index (χ1) is 10.4. The lowest BCUT2D eigenvalue weighted by Crippen LogP contribution is -1.73. The fourth-order valence-corrected chi connectivity index (χ4v) is 1.80. The van der Waals surface area contributed by atoms with E-state index in [2.05, 4.69) is 73.3 Å². The van der Waals surface area contributed by atoms with Crippen LogP contribution in [0.25, 0.3) is 11.1 Å². The molecule has 0 spiro atoms. The fourth-order valence-electron chi connectivity index (χ4n) is 1.80. The smallest absolute Gasteiger partial charge is 0.0184 e. The van der Waals surface area contributed by atoms with Crippen LogP contribution in [0.3, 0.4) is 0 Å². The summed E-state index contributed by atoms with van der Waals surface area (Å²) in [5, 5.41) is 0. The van der Waals surface area contributed by atoms with E-state index < -0.39 is 0 Å². The number of hydrogen-bond donors (Lipinski definition) is 1. The Balaban J connectivity index is 0.000000210. The second-order valence-electron chi connectivity index (χ2n) is 4.39. The van der Waals surface area contributed by atoms with Crippen molar-refractivity contribution in [1.82, 2.24) is 0 Å². The maximum absolute atomic E-state index is 4.50.